The minimum atomic E-state index is -1.08. The van der Waals surface area contributed by atoms with Gasteiger partial charge in [-0.15, -0.1) is 0 Å². The summed E-state index contributed by atoms with van der Waals surface area (Å²) >= 11 is 0. The van der Waals surface area contributed by atoms with Gasteiger partial charge < -0.3 is 32.3 Å². The Kier molecular flexibility index (Phi) is 12.0. The number of carbonyl (C=O) groups excluding carboxylic acids is 4. The second-order valence-electron chi connectivity index (χ2n) is 11.1. The Morgan fingerprint density at radius 1 is 0.894 bits per heavy atom. The number of amides is 4. The van der Waals surface area contributed by atoms with Crippen molar-refractivity contribution in [2.45, 2.75) is 50.2 Å². The monoisotopic (exact) mass is 642 g/mol. The summed E-state index contributed by atoms with van der Waals surface area (Å²) in [7, 11) is 0. The standard InChI is InChI=1S/C33H38N8O6/c34-33(35)36-19-7-13-26(29(42)37-24-15-17-25(18-16-24)41(46)47)38-30(43)27(21-22-9-3-1-4-10-22)39-31(44)28-14-8-20-40(28)32(45)23-11-5-2-6-12-23/h1-6,9-12,15-18,26-28H,7-8,13-14,19-21H2,(H,37,42)(H,38,43)(H,39,44)(H4,34,35,36)/t26-,27+,28-/m0/s1. The van der Waals surface area contributed by atoms with Gasteiger partial charge in [-0.25, -0.2) is 0 Å². The highest BCUT2D eigenvalue weighted by atomic mass is 16.6. The van der Waals surface area contributed by atoms with Crippen LogP contribution in [0, 0.1) is 10.1 Å². The molecule has 1 aliphatic rings. The molecule has 3 atom stereocenters. The highest BCUT2D eigenvalue weighted by Crippen LogP contribution is 2.21. The van der Waals surface area contributed by atoms with Crippen molar-refractivity contribution in [2.24, 2.45) is 16.5 Å². The molecule has 1 saturated heterocycles. The van der Waals surface area contributed by atoms with Gasteiger partial charge in [-0.1, -0.05) is 48.5 Å². The molecule has 14 nitrogen and oxygen atoms in total. The third-order valence-corrected chi connectivity index (χ3v) is 7.68. The van der Waals surface area contributed by atoms with E-state index in [1.54, 1.807) is 30.3 Å². The van der Waals surface area contributed by atoms with Gasteiger partial charge in [-0.05, 0) is 55.5 Å². The third-order valence-electron chi connectivity index (χ3n) is 7.68. The summed E-state index contributed by atoms with van der Waals surface area (Å²) in [5.74, 6) is -2.03. The molecule has 0 radical (unpaired) electrons. The van der Waals surface area contributed by atoms with E-state index in [1.165, 1.54) is 29.2 Å². The lowest BCUT2D eigenvalue weighted by molar-refractivity contribution is -0.384. The minimum Gasteiger partial charge on any atom is -0.370 e. The van der Waals surface area contributed by atoms with E-state index < -0.39 is 40.8 Å². The number of aliphatic imine (C=N–C) groups is 1. The van der Waals surface area contributed by atoms with Crippen molar-refractivity contribution in [3.8, 4) is 0 Å². The molecule has 0 spiro atoms. The van der Waals surface area contributed by atoms with E-state index >= 15 is 0 Å². The number of nitrogens with two attached hydrogens (primary N) is 2. The smallest absolute Gasteiger partial charge is 0.269 e. The number of anilines is 1. The zero-order valence-corrected chi connectivity index (χ0v) is 25.7. The largest absolute Gasteiger partial charge is 0.370 e. The maximum absolute atomic E-state index is 13.8. The van der Waals surface area contributed by atoms with Crippen LogP contribution in [-0.4, -0.2) is 70.6 Å². The number of nitro benzene ring substituents is 1. The van der Waals surface area contributed by atoms with Crippen molar-refractivity contribution in [3.05, 3.63) is 106 Å². The van der Waals surface area contributed by atoms with E-state index in [0.29, 0.717) is 37.1 Å². The van der Waals surface area contributed by atoms with E-state index in [2.05, 4.69) is 20.9 Å². The first-order valence-electron chi connectivity index (χ1n) is 15.2. The van der Waals surface area contributed by atoms with Gasteiger partial charge in [0.15, 0.2) is 5.96 Å². The van der Waals surface area contributed by atoms with Crippen LogP contribution in [0.5, 0.6) is 0 Å². The van der Waals surface area contributed by atoms with Gasteiger partial charge in [-0.3, -0.25) is 34.3 Å². The maximum Gasteiger partial charge on any atom is 0.269 e. The zero-order chi connectivity index (χ0) is 33.8. The molecule has 0 unspecified atom stereocenters. The molecule has 246 valence electrons. The molecule has 1 aliphatic heterocycles. The summed E-state index contributed by atoms with van der Waals surface area (Å²) in [5.41, 5.74) is 12.2. The normalized spacial score (nSPS) is 15.1. The van der Waals surface area contributed by atoms with Crippen LogP contribution in [0.15, 0.2) is 89.9 Å². The molecule has 3 aromatic rings. The van der Waals surface area contributed by atoms with Gasteiger partial charge in [0, 0.05) is 42.9 Å². The molecule has 0 bridgehead atoms. The lowest BCUT2D eigenvalue weighted by atomic mass is 10.0. The number of guanidine groups is 1. The average molecular weight is 643 g/mol. The topological polar surface area (TPSA) is 215 Å². The van der Waals surface area contributed by atoms with Crippen LogP contribution < -0.4 is 27.4 Å². The van der Waals surface area contributed by atoms with E-state index in [4.69, 9.17) is 11.5 Å². The summed E-state index contributed by atoms with van der Waals surface area (Å²) in [6.07, 6.45) is 1.69. The fourth-order valence-electron chi connectivity index (χ4n) is 5.30. The number of nitrogens with zero attached hydrogens (tertiary/aromatic N) is 3. The van der Waals surface area contributed by atoms with E-state index in [1.807, 2.05) is 30.3 Å². The minimum absolute atomic E-state index is 0.113. The van der Waals surface area contributed by atoms with Crippen LogP contribution in [0.2, 0.25) is 0 Å². The first kappa shape index (κ1) is 34.1. The van der Waals surface area contributed by atoms with E-state index in [0.717, 1.165) is 5.56 Å². The van der Waals surface area contributed by atoms with Crippen LogP contribution >= 0.6 is 0 Å². The quantitative estimate of drug-likeness (QED) is 0.0576. The molecule has 1 heterocycles. The zero-order valence-electron chi connectivity index (χ0n) is 25.7. The number of nitro groups is 1. The van der Waals surface area contributed by atoms with Crippen LogP contribution in [0.4, 0.5) is 11.4 Å². The summed E-state index contributed by atoms with van der Waals surface area (Å²) in [4.78, 5) is 70.0. The molecule has 4 rings (SSSR count). The summed E-state index contributed by atoms with van der Waals surface area (Å²) in [5, 5.41) is 19.3. The Morgan fingerprint density at radius 2 is 1.55 bits per heavy atom. The Hall–Kier alpha value is -5.79. The molecular formula is C33H38N8O6. The lowest BCUT2D eigenvalue weighted by Gasteiger charge is -2.27. The molecule has 0 saturated carbocycles. The first-order chi connectivity index (χ1) is 22.6. The van der Waals surface area contributed by atoms with Gasteiger partial charge in [0.05, 0.1) is 4.92 Å². The molecule has 0 aliphatic carbocycles. The highest BCUT2D eigenvalue weighted by molar-refractivity contribution is 6.00. The Bertz CT molecular complexity index is 1580. The van der Waals surface area contributed by atoms with Gasteiger partial charge in [0.25, 0.3) is 11.6 Å². The van der Waals surface area contributed by atoms with E-state index in [-0.39, 0.29) is 36.9 Å². The van der Waals surface area contributed by atoms with Crippen molar-refractivity contribution in [2.75, 3.05) is 18.4 Å². The van der Waals surface area contributed by atoms with Crippen LogP contribution in [-0.2, 0) is 20.8 Å². The third kappa shape index (κ3) is 9.85. The van der Waals surface area contributed by atoms with Crippen molar-refractivity contribution < 1.29 is 24.1 Å². The predicted molar refractivity (Wildman–Crippen MR) is 176 cm³/mol. The predicted octanol–water partition coefficient (Wildman–Crippen LogP) is 2.10. The number of rotatable bonds is 14. The Labute approximate surface area is 271 Å². The number of hydrogen-bond donors (Lipinski definition) is 5. The molecule has 7 N–H and O–H groups in total. The van der Waals surface area contributed by atoms with Gasteiger partial charge in [-0.2, -0.15) is 0 Å². The lowest BCUT2D eigenvalue weighted by Crippen LogP contribution is -2.56. The second kappa shape index (κ2) is 16.5. The molecule has 0 aromatic heterocycles. The molecule has 3 aromatic carbocycles. The summed E-state index contributed by atoms with van der Waals surface area (Å²) < 4.78 is 0. The number of benzene rings is 3. The van der Waals surface area contributed by atoms with Crippen molar-refractivity contribution in [3.63, 3.8) is 0 Å². The fraction of sp³-hybridized carbons (Fsp3) is 0.303. The van der Waals surface area contributed by atoms with Gasteiger partial charge in [0.2, 0.25) is 17.7 Å². The molecule has 14 heteroatoms. The summed E-state index contributed by atoms with van der Waals surface area (Å²) in [6.45, 7) is 0.610. The number of non-ortho nitro benzene ring substituents is 1. The van der Waals surface area contributed by atoms with Crippen molar-refractivity contribution in [1.29, 1.82) is 0 Å². The molecule has 4 amide bonds. The first-order valence-corrected chi connectivity index (χ1v) is 15.2. The fourth-order valence-corrected chi connectivity index (χ4v) is 5.30. The Balaban J connectivity index is 1.52. The Morgan fingerprint density at radius 3 is 2.19 bits per heavy atom. The number of carbonyl (C=O) groups is 4. The highest BCUT2D eigenvalue weighted by Gasteiger charge is 2.37. The van der Waals surface area contributed by atoms with Gasteiger partial charge >= 0.3 is 0 Å². The number of likely N-dealkylation sites (tertiary alicyclic amines) is 1. The number of hydrogen-bond acceptors (Lipinski definition) is 7. The second-order valence-corrected chi connectivity index (χ2v) is 11.1. The molecule has 47 heavy (non-hydrogen) atoms. The van der Waals surface area contributed by atoms with Crippen LogP contribution in [0.25, 0.3) is 0 Å². The van der Waals surface area contributed by atoms with Crippen LogP contribution in [0.3, 0.4) is 0 Å². The summed E-state index contributed by atoms with van der Waals surface area (Å²) in [6, 6.07) is 20.2. The maximum atomic E-state index is 13.8. The number of nitrogens with one attached hydrogen (secondary N) is 3. The van der Waals surface area contributed by atoms with Gasteiger partial charge in [0.1, 0.15) is 18.1 Å². The molecular weight excluding hydrogens is 604 g/mol. The molecule has 1 fully saturated rings. The SMILES string of the molecule is NC(N)=NCCC[C@H](NC(=O)[C@@H](Cc1ccccc1)NC(=O)[C@@H]1CCCN1C(=O)c1ccccc1)C(=O)Nc1ccc([N+](=O)[O-])cc1. The van der Waals surface area contributed by atoms with E-state index in [9.17, 15) is 29.3 Å². The van der Waals surface area contributed by atoms with Crippen molar-refractivity contribution >= 4 is 41.0 Å². The van der Waals surface area contributed by atoms with Crippen molar-refractivity contribution in [1.82, 2.24) is 15.5 Å². The van der Waals surface area contributed by atoms with Crippen LogP contribution in [0.1, 0.15) is 41.6 Å². The average Bonchev–Trinajstić information content (AvgIpc) is 3.57.